The molecule has 19 heavy (non-hydrogen) atoms. The molecule has 1 N–H and O–H groups in total. The monoisotopic (exact) mass is 262 g/mol. The molecule has 0 bridgehead atoms. The minimum absolute atomic E-state index is 0.844. The van der Waals surface area contributed by atoms with Gasteiger partial charge in [0.2, 0.25) is 0 Å². The van der Waals surface area contributed by atoms with Gasteiger partial charge in [-0.1, -0.05) is 6.07 Å². The number of rotatable bonds is 3. The van der Waals surface area contributed by atoms with Crippen LogP contribution in [0.5, 0.6) is 5.75 Å². The summed E-state index contributed by atoms with van der Waals surface area (Å²) >= 11 is 0. The molecule has 4 heteroatoms. The number of nitrogens with zero attached hydrogens (tertiary/aromatic N) is 1. The Morgan fingerprint density at radius 3 is 2.89 bits per heavy atom. The summed E-state index contributed by atoms with van der Waals surface area (Å²) in [4.78, 5) is 2.44. The average molecular weight is 262 g/mol. The van der Waals surface area contributed by atoms with Gasteiger partial charge < -0.3 is 14.8 Å². The zero-order chi connectivity index (χ0) is 13.1. The van der Waals surface area contributed by atoms with Crippen LogP contribution in [0.3, 0.4) is 0 Å². The summed E-state index contributed by atoms with van der Waals surface area (Å²) in [5.74, 6) is 1.02. The zero-order valence-corrected chi connectivity index (χ0v) is 11.6. The highest BCUT2D eigenvalue weighted by atomic mass is 16.5. The van der Waals surface area contributed by atoms with Crippen LogP contribution in [0.25, 0.3) is 0 Å². The number of hydrogen-bond donors (Lipinski definition) is 1. The van der Waals surface area contributed by atoms with Gasteiger partial charge in [0.25, 0.3) is 0 Å². The van der Waals surface area contributed by atoms with Crippen LogP contribution < -0.4 is 10.1 Å². The number of morpholine rings is 1. The Morgan fingerprint density at radius 2 is 2.11 bits per heavy atom. The third-order valence-electron chi connectivity index (χ3n) is 3.99. The Hall–Kier alpha value is -1.10. The van der Waals surface area contributed by atoms with Crippen LogP contribution in [-0.2, 0) is 24.2 Å². The molecule has 0 spiro atoms. The quantitative estimate of drug-likeness (QED) is 0.887. The molecule has 0 saturated carbocycles. The molecule has 4 nitrogen and oxygen atoms in total. The zero-order valence-electron chi connectivity index (χ0n) is 11.6. The second-order valence-electron chi connectivity index (χ2n) is 5.25. The molecule has 0 radical (unpaired) electrons. The molecule has 0 atom stereocenters. The molecule has 2 aliphatic rings. The van der Waals surface area contributed by atoms with Crippen LogP contribution in [0.4, 0.5) is 0 Å². The van der Waals surface area contributed by atoms with Gasteiger partial charge in [0.1, 0.15) is 5.75 Å². The van der Waals surface area contributed by atoms with E-state index in [4.69, 9.17) is 9.47 Å². The Bertz CT molecular complexity index is 442. The molecular weight excluding hydrogens is 240 g/mol. The maximum absolute atomic E-state index is 5.57. The van der Waals surface area contributed by atoms with Crippen molar-refractivity contribution in [1.82, 2.24) is 10.2 Å². The summed E-state index contributed by atoms with van der Waals surface area (Å²) < 4.78 is 11.0. The second-order valence-corrected chi connectivity index (χ2v) is 5.25. The van der Waals surface area contributed by atoms with Gasteiger partial charge in [-0.25, -0.2) is 0 Å². The number of nitrogens with one attached hydrogen (secondary N) is 1. The van der Waals surface area contributed by atoms with Crippen molar-refractivity contribution in [2.75, 3.05) is 40.0 Å². The van der Waals surface area contributed by atoms with Crippen LogP contribution in [0, 0.1) is 0 Å². The fourth-order valence-electron chi connectivity index (χ4n) is 2.87. The van der Waals surface area contributed by atoms with Crippen molar-refractivity contribution in [3.05, 3.63) is 28.8 Å². The van der Waals surface area contributed by atoms with Gasteiger partial charge in [0.05, 0.1) is 20.3 Å². The fraction of sp³-hybridized carbons (Fsp3) is 0.600. The van der Waals surface area contributed by atoms with E-state index in [2.05, 4.69) is 22.3 Å². The molecule has 0 unspecified atom stereocenters. The number of ether oxygens (including phenoxy) is 2. The highest BCUT2D eigenvalue weighted by Gasteiger charge is 2.17. The normalized spacial score (nSPS) is 20.1. The topological polar surface area (TPSA) is 33.7 Å². The third-order valence-corrected chi connectivity index (χ3v) is 3.99. The molecule has 0 amide bonds. The summed E-state index contributed by atoms with van der Waals surface area (Å²) in [6.07, 6.45) is 1.12. The van der Waals surface area contributed by atoms with Gasteiger partial charge in [-0.05, 0) is 30.2 Å². The maximum atomic E-state index is 5.57. The maximum Gasteiger partial charge on any atom is 0.123 e. The first-order valence-electron chi connectivity index (χ1n) is 7.06. The highest BCUT2D eigenvalue weighted by Crippen LogP contribution is 2.27. The molecule has 2 aliphatic heterocycles. The van der Waals surface area contributed by atoms with E-state index < -0.39 is 0 Å². The molecule has 104 valence electrons. The summed E-state index contributed by atoms with van der Waals surface area (Å²) in [6, 6.07) is 4.54. The molecule has 1 aromatic rings. The minimum Gasteiger partial charge on any atom is -0.496 e. The lowest BCUT2D eigenvalue weighted by atomic mass is 9.97. The first-order valence-corrected chi connectivity index (χ1v) is 7.06. The van der Waals surface area contributed by atoms with Gasteiger partial charge in [0.15, 0.2) is 0 Å². The first-order chi connectivity index (χ1) is 9.36. The van der Waals surface area contributed by atoms with Crippen LogP contribution >= 0.6 is 0 Å². The largest absolute Gasteiger partial charge is 0.496 e. The fourth-order valence-corrected chi connectivity index (χ4v) is 2.87. The van der Waals surface area contributed by atoms with E-state index in [1.807, 2.05) is 0 Å². The van der Waals surface area contributed by atoms with E-state index in [1.165, 1.54) is 16.7 Å². The third kappa shape index (κ3) is 2.91. The molecule has 1 saturated heterocycles. The van der Waals surface area contributed by atoms with Crippen LogP contribution in [0.15, 0.2) is 12.1 Å². The predicted octanol–water partition coefficient (Wildman–Crippen LogP) is 1.17. The van der Waals surface area contributed by atoms with E-state index in [0.717, 1.165) is 58.1 Å². The van der Waals surface area contributed by atoms with Crippen molar-refractivity contribution in [2.24, 2.45) is 0 Å². The van der Waals surface area contributed by atoms with Gasteiger partial charge in [-0.15, -0.1) is 0 Å². The standard InChI is InChI=1S/C15H22N2O2/c1-18-15-9-13-10-16-3-2-12(13)8-14(15)11-17-4-6-19-7-5-17/h8-9,16H,2-7,10-11H2,1H3. The first kappa shape index (κ1) is 12.9. The molecule has 2 heterocycles. The highest BCUT2D eigenvalue weighted by molar-refractivity contribution is 5.43. The van der Waals surface area contributed by atoms with E-state index in [0.29, 0.717) is 0 Å². The molecular formula is C15H22N2O2. The van der Waals surface area contributed by atoms with Crippen LogP contribution in [0.1, 0.15) is 16.7 Å². The number of fused-ring (bicyclic) bond motifs is 1. The Labute approximate surface area is 114 Å². The van der Waals surface area contributed by atoms with Crippen molar-refractivity contribution in [2.45, 2.75) is 19.5 Å². The van der Waals surface area contributed by atoms with E-state index in [-0.39, 0.29) is 0 Å². The lowest BCUT2D eigenvalue weighted by Crippen LogP contribution is -2.35. The Kier molecular flexibility index (Phi) is 4.01. The predicted molar refractivity (Wildman–Crippen MR) is 74.5 cm³/mol. The van der Waals surface area contributed by atoms with Gasteiger partial charge in [-0.3, -0.25) is 4.90 Å². The summed E-state index contributed by atoms with van der Waals surface area (Å²) in [5, 5.41) is 3.41. The van der Waals surface area contributed by atoms with E-state index in [1.54, 1.807) is 7.11 Å². The SMILES string of the molecule is COc1cc2c(cc1CN1CCOCC1)CCNC2. The van der Waals surface area contributed by atoms with E-state index in [9.17, 15) is 0 Å². The minimum atomic E-state index is 0.844. The van der Waals surface area contributed by atoms with Crippen LogP contribution in [0.2, 0.25) is 0 Å². The molecule has 0 aromatic heterocycles. The number of hydrogen-bond acceptors (Lipinski definition) is 4. The second kappa shape index (κ2) is 5.90. The molecule has 1 fully saturated rings. The lowest BCUT2D eigenvalue weighted by molar-refractivity contribution is 0.0338. The lowest BCUT2D eigenvalue weighted by Gasteiger charge is -2.28. The van der Waals surface area contributed by atoms with Crippen molar-refractivity contribution >= 4 is 0 Å². The van der Waals surface area contributed by atoms with Crippen LogP contribution in [-0.4, -0.2) is 44.9 Å². The number of methoxy groups -OCH3 is 1. The number of benzene rings is 1. The van der Waals surface area contributed by atoms with Gasteiger partial charge in [-0.2, -0.15) is 0 Å². The van der Waals surface area contributed by atoms with Gasteiger partial charge in [0, 0.05) is 31.7 Å². The van der Waals surface area contributed by atoms with Crippen molar-refractivity contribution in [3.8, 4) is 5.75 Å². The summed E-state index contributed by atoms with van der Waals surface area (Å²) in [5.41, 5.74) is 4.17. The molecule has 3 rings (SSSR count). The smallest absolute Gasteiger partial charge is 0.123 e. The van der Waals surface area contributed by atoms with E-state index >= 15 is 0 Å². The van der Waals surface area contributed by atoms with Crippen molar-refractivity contribution in [1.29, 1.82) is 0 Å². The Balaban J connectivity index is 1.82. The van der Waals surface area contributed by atoms with Crippen molar-refractivity contribution in [3.63, 3.8) is 0 Å². The average Bonchev–Trinajstić information content (AvgIpc) is 2.47. The Morgan fingerprint density at radius 1 is 1.26 bits per heavy atom. The summed E-state index contributed by atoms with van der Waals surface area (Å²) in [7, 11) is 1.76. The van der Waals surface area contributed by atoms with Crippen molar-refractivity contribution < 1.29 is 9.47 Å². The molecule has 1 aromatic carbocycles. The molecule has 0 aliphatic carbocycles. The summed E-state index contributed by atoms with van der Waals surface area (Å²) in [6.45, 7) is 6.73. The van der Waals surface area contributed by atoms with Gasteiger partial charge >= 0.3 is 0 Å².